The van der Waals surface area contributed by atoms with Crippen LogP contribution in [0.25, 0.3) is 0 Å². The van der Waals surface area contributed by atoms with Crippen LogP contribution in [-0.2, 0) is 18.4 Å². The SMILES string of the molecule is CCOP(=O)(OCC)C(C)(C)N(O)C=C1C=CC(=NC(C)=O)C=C1. The lowest BCUT2D eigenvalue weighted by Crippen LogP contribution is -2.39. The predicted molar refractivity (Wildman–Crippen MR) is 93.0 cm³/mol. The third kappa shape index (κ3) is 4.98. The summed E-state index contributed by atoms with van der Waals surface area (Å²) in [5.41, 5.74) is 1.17. The molecule has 134 valence electrons. The summed E-state index contributed by atoms with van der Waals surface area (Å²) in [5.74, 6) is -0.286. The van der Waals surface area contributed by atoms with Gasteiger partial charge in [-0.2, -0.15) is 0 Å². The summed E-state index contributed by atoms with van der Waals surface area (Å²) >= 11 is 0. The Kier molecular flexibility index (Phi) is 7.29. The van der Waals surface area contributed by atoms with Gasteiger partial charge in [0.05, 0.1) is 18.9 Å². The van der Waals surface area contributed by atoms with E-state index in [1.165, 1.54) is 13.1 Å². The normalized spacial score (nSPS) is 14.8. The molecular weight excluding hydrogens is 331 g/mol. The predicted octanol–water partition coefficient (Wildman–Crippen LogP) is 3.68. The number of hydrogen-bond donors (Lipinski definition) is 1. The molecule has 1 N–H and O–H groups in total. The Morgan fingerprint density at radius 1 is 1.25 bits per heavy atom. The first-order valence-corrected chi connectivity index (χ1v) is 9.25. The molecule has 0 aromatic carbocycles. The minimum absolute atomic E-state index is 0.204. The fourth-order valence-electron chi connectivity index (χ4n) is 1.93. The molecule has 8 heteroatoms. The number of carbonyl (C=O) groups is 1. The van der Waals surface area contributed by atoms with E-state index in [1.54, 1.807) is 52.0 Å². The van der Waals surface area contributed by atoms with E-state index < -0.39 is 12.9 Å². The van der Waals surface area contributed by atoms with Gasteiger partial charge in [-0.15, -0.1) is 0 Å². The molecule has 0 unspecified atom stereocenters. The van der Waals surface area contributed by atoms with E-state index in [4.69, 9.17) is 9.05 Å². The lowest BCUT2D eigenvalue weighted by atomic mass is 10.1. The van der Waals surface area contributed by atoms with Crippen molar-refractivity contribution in [3.63, 3.8) is 0 Å². The number of rotatable bonds is 7. The van der Waals surface area contributed by atoms with Crippen LogP contribution in [0.15, 0.2) is 41.1 Å². The molecule has 0 atom stereocenters. The molecule has 1 aliphatic rings. The number of carbonyl (C=O) groups excluding carboxylic acids is 1. The molecule has 1 rings (SSSR count). The average Bonchev–Trinajstić information content (AvgIpc) is 2.49. The van der Waals surface area contributed by atoms with Gasteiger partial charge in [0, 0.05) is 13.1 Å². The second kappa shape index (κ2) is 8.53. The molecule has 0 saturated heterocycles. The van der Waals surface area contributed by atoms with Crippen molar-refractivity contribution in [2.24, 2.45) is 4.99 Å². The van der Waals surface area contributed by atoms with Crippen molar-refractivity contribution in [3.8, 4) is 0 Å². The van der Waals surface area contributed by atoms with E-state index >= 15 is 0 Å². The van der Waals surface area contributed by atoms with Crippen molar-refractivity contribution in [3.05, 3.63) is 36.1 Å². The number of allylic oxidation sites excluding steroid dienone is 5. The van der Waals surface area contributed by atoms with Crippen LogP contribution in [0, 0.1) is 0 Å². The third-order valence-corrected chi connectivity index (χ3v) is 6.02. The summed E-state index contributed by atoms with van der Waals surface area (Å²) in [5, 5.41) is 9.96. The largest absolute Gasteiger partial charge is 0.357 e. The first kappa shape index (κ1) is 20.5. The zero-order valence-corrected chi connectivity index (χ0v) is 15.6. The molecule has 0 saturated carbocycles. The highest BCUT2D eigenvalue weighted by atomic mass is 31.2. The molecule has 1 amide bonds. The molecule has 0 fully saturated rings. The lowest BCUT2D eigenvalue weighted by Gasteiger charge is -2.37. The van der Waals surface area contributed by atoms with Crippen molar-refractivity contribution in [2.75, 3.05) is 13.2 Å². The summed E-state index contributed by atoms with van der Waals surface area (Å²) in [6.07, 6.45) is 8.10. The molecule has 0 heterocycles. The average molecular weight is 356 g/mol. The topological polar surface area (TPSA) is 88.4 Å². The van der Waals surface area contributed by atoms with Crippen molar-refractivity contribution in [1.82, 2.24) is 5.06 Å². The second-order valence-corrected chi connectivity index (χ2v) is 8.13. The van der Waals surface area contributed by atoms with Gasteiger partial charge in [0.1, 0.15) is 0 Å². The zero-order chi connectivity index (χ0) is 18.4. The first-order chi connectivity index (χ1) is 11.2. The van der Waals surface area contributed by atoms with Crippen molar-refractivity contribution in [1.29, 1.82) is 0 Å². The summed E-state index contributed by atoms with van der Waals surface area (Å²) in [6, 6.07) is 0. The van der Waals surface area contributed by atoms with E-state index in [2.05, 4.69) is 4.99 Å². The quantitative estimate of drug-likeness (QED) is 0.553. The van der Waals surface area contributed by atoms with Gasteiger partial charge in [-0.25, -0.2) is 10.1 Å². The van der Waals surface area contributed by atoms with Gasteiger partial charge in [0.25, 0.3) is 0 Å². The van der Waals surface area contributed by atoms with Gasteiger partial charge in [0.15, 0.2) is 5.28 Å². The van der Waals surface area contributed by atoms with E-state index in [1.807, 2.05) is 0 Å². The summed E-state index contributed by atoms with van der Waals surface area (Å²) < 4.78 is 23.6. The molecule has 0 spiro atoms. The van der Waals surface area contributed by atoms with E-state index in [9.17, 15) is 14.6 Å². The van der Waals surface area contributed by atoms with Crippen LogP contribution in [0.2, 0.25) is 0 Å². The molecule has 0 aromatic rings. The minimum Gasteiger partial charge on any atom is -0.307 e. The number of aliphatic imine (C=N–C) groups is 1. The first-order valence-electron chi connectivity index (χ1n) is 7.71. The minimum atomic E-state index is -3.56. The Labute approximate surface area is 142 Å². The Morgan fingerprint density at radius 3 is 2.17 bits per heavy atom. The fourth-order valence-corrected chi connectivity index (χ4v) is 3.63. The van der Waals surface area contributed by atoms with Gasteiger partial charge in [-0.05, 0) is 45.4 Å². The molecular formula is C16H25N2O5P. The molecule has 0 aliphatic heterocycles. The second-order valence-electron chi connectivity index (χ2n) is 5.52. The maximum Gasteiger partial charge on any atom is 0.357 e. The van der Waals surface area contributed by atoms with Crippen LogP contribution in [-0.4, -0.2) is 40.4 Å². The molecule has 0 radical (unpaired) electrons. The summed E-state index contributed by atoms with van der Waals surface area (Å²) in [6.45, 7) is 8.36. The highest BCUT2D eigenvalue weighted by Gasteiger charge is 2.47. The number of amides is 1. The van der Waals surface area contributed by atoms with Crippen LogP contribution < -0.4 is 0 Å². The smallest absolute Gasteiger partial charge is 0.307 e. The molecule has 0 bridgehead atoms. The van der Waals surface area contributed by atoms with E-state index in [-0.39, 0.29) is 19.1 Å². The molecule has 0 aromatic heterocycles. The van der Waals surface area contributed by atoms with Crippen LogP contribution in [0.5, 0.6) is 0 Å². The van der Waals surface area contributed by atoms with Gasteiger partial charge in [0.2, 0.25) is 5.91 Å². The number of hydrogen-bond acceptors (Lipinski definition) is 6. The Morgan fingerprint density at radius 2 is 1.75 bits per heavy atom. The highest BCUT2D eigenvalue weighted by Crippen LogP contribution is 2.60. The van der Waals surface area contributed by atoms with Crippen LogP contribution in [0.4, 0.5) is 0 Å². The van der Waals surface area contributed by atoms with Crippen LogP contribution in [0.3, 0.4) is 0 Å². The third-order valence-electron chi connectivity index (χ3n) is 3.28. The number of nitrogens with zero attached hydrogens (tertiary/aromatic N) is 2. The Balaban J connectivity index is 3.01. The standard InChI is InChI=1S/C16H25N2O5P/c1-6-22-24(21,23-7-2)16(4,5)18(20)12-14-8-10-15(11-9-14)17-13(3)19/h8-12,20H,6-7H2,1-5H3. The maximum absolute atomic E-state index is 12.9. The van der Waals surface area contributed by atoms with Gasteiger partial charge in [-0.1, -0.05) is 12.2 Å². The zero-order valence-electron chi connectivity index (χ0n) is 14.7. The highest BCUT2D eigenvalue weighted by molar-refractivity contribution is 7.55. The van der Waals surface area contributed by atoms with Crippen LogP contribution >= 0.6 is 7.60 Å². The fraction of sp³-hybridized carbons (Fsp3) is 0.500. The van der Waals surface area contributed by atoms with Gasteiger partial charge < -0.3 is 9.05 Å². The Bertz CT molecular complexity index is 606. The maximum atomic E-state index is 12.9. The van der Waals surface area contributed by atoms with E-state index in [0.29, 0.717) is 11.3 Å². The Hall–Kier alpha value is -1.53. The van der Waals surface area contributed by atoms with Gasteiger partial charge >= 0.3 is 7.60 Å². The van der Waals surface area contributed by atoms with Gasteiger partial charge in [-0.3, -0.25) is 14.6 Å². The van der Waals surface area contributed by atoms with Crippen molar-refractivity contribution >= 4 is 19.2 Å². The lowest BCUT2D eigenvalue weighted by molar-refractivity contribution is -0.115. The molecule has 24 heavy (non-hydrogen) atoms. The molecule has 7 nitrogen and oxygen atoms in total. The monoisotopic (exact) mass is 356 g/mol. The van der Waals surface area contributed by atoms with E-state index in [0.717, 1.165) is 5.06 Å². The van der Waals surface area contributed by atoms with Crippen LogP contribution in [0.1, 0.15) is 34.6 Å². The summed E-state index contributed by atoms with van der Waals surface area (Å²) in [7, 11) is -3.56. The van der Waals surface area contributed by atoms with Crippen molar-refractivity contribution < 1.29 is 23.6 Å². The summed E-state index contributed by atoms with van der Waals surface area (Å²) in [4.78, 5) is 14.8. The molecule has 1 aliphatic carbocycles. The van der Waals surface area contributed by atoms with Crippen molar-refractivity contribution in [2.45, 2.75) is 39.9 Å². The number of hydroxylamine groups is 2.